The summed E-state index contributed by atoms with van der Waals surface area (Å²) in [4.78, 5) is 15.0. The quantitative estimate of drug-likeness (QED) is 0.640. The Morgan fingerprint density at radius 3 is 2.38 bits per heavy atom. The lowest BCUT2D eigenvalue weighted by atomic mass is 10.1. The lowest BCUT2D eigenvalue weighted by Gasteiger charge is -2.33. The van der Waals surface area contributed by atoms with Crippen LogP contribution in [-0.2, 0) is 10.0 Å². The highest BCUT2D eigenvalue weighted by Crippen LogP contribution is 2.28. The van der Waals surface area contributed by atoms with E-state index >= 15 is 0 Å². The largest absolute Gasteiger partial charge is 0.490 e. The van der Waals surface area contributed by atoms with Crippen LogP contribution in [0.4, 0.5) is 0 Å². The Kier molecular flexibility index (Phi) is 6.79. The molecule has 0 unspecified atom stereocenters. The van der Waals surface area contributed by atoms with E-state index in [2.05, 4.69) is 12.1 Å². The summed E-state index contributed by atoms with van der Waals surface area (Å²) in [6.45, 7) is 6.17. The highest BCUT2D eigenvalue weighted by Gasteiger charge is 2.30. The molecule has 32 heavy (non-hydrogen) atoms. The number of carbonyl (C=O) groups excluding carboxylic acids is 1. The summed E-state index contributed by atoms with van der Waals surface area (Å²) >= 11 is 6.31. The zero-order valence-electron chi connectivity index (χ0n) is 18.5. The fraction of sp³-hybridized carbons (Fsp3) is 0.458. The Bertz CT molecular complexity index is 1100. The number of aryl methyl sites for hydroxylation is 2. The van der Waals surface area contributed by atoms with Gasteiger partial charge in [0.1, 0.15) is 11.9 Å². The lowest BCUT2D eigenvalue weighted by molar-refractivity contribution is 0.0594. The van der Waals surface area contributed by atoms with Gasteiger partial charge in [-0.05, 0) is 62.1 Å². The molecule has 0 bridgehead atoms. The van der Waals surface area contributed by atoms with Crippen molar-refractivity contribution >= 4 is 27.5 Å². The van der Waals surface area contributed by atoms with Gasteiger partial charge in [0.2, 0.25) is 10.0 Å². The number of hydrogen-bond acceptors (Lipinski definition) is 4. The van der Waals surface area contributed by atoms with Gasteiger partial charge in [0, 0.05) is 39.0 Å². The molecule has 0 N–H and O–H groups in total. The zero-order valence-corrected chi connectivity index (χ0v) is 20.1. The zero-order chi connectivity index (χ0) is 22.9. The first-order valence-electron chi connectivity index (χ1n) is 11.1. The molecule has 2 aliphatic heterocycles. The van der Waals surface area contributed by atoms with Crippen LogP contribution >= 0.6 is 11.6 Å². The second-order valence-corrected chi connectivity index (χ2v) is 11.0. The van der Waals surface area contributed by atoms with E-state index in [1.54, 1.807) is 4.90 Å². The maximum Gasteiger partial charge on any atom is 0.255 e. The first-order chi connectivity index (χ1) is 15.3. The minimum absolute atomic E-state index is 0.0388. The van der Waals surface area contributed by atoms with Crippen LogP contribution in [-0.4, -0.2) is 55.8 Å². The van der Waals surface area contributed by atoms with Gasteiger partial charge in [-0.25, -0.2) is 8.42 Å². The molecule has 6 nitrogen and oxygen atoms in total. The van der Waals surface area contributed by atoms with Crippen LogP contribution in [0.15, 0.2) is 41.3 Å². The van der Waals surface area contributed by atoms with Crippen molar-refractivity contribution in [2.45, 2.75) is 50.5 Å². The Morgan fingerprint density at radius 2 is 1.69 bits per heavy atom. The molecule has 2 heterocycles. The van der Waals surface area contributed by atoms with Crippen LogP contribution in [0.25, 0.3) is 0 Å². The van der Waals surface area contributed by atoms with Crippen LogP contribution in [0.3, 0.4) is 0 Å². The number of carbonyl (C=O) groups is 1. The summed E-state index contributed by atoms with van der Waals surface area (Å²) < 4.78 is 33.5. The summed E-state index contributed by atoms with van der Waals surface area (Å²) in [7, 11) is -3.61. The van der Waals surface area contributed by atoms with Gasteiger partial charge in [-0.1, -0.05) is 23.7 Å². The van der Waals surface area contributed by atoms with Crippen molar-refractivity contribution in [1.29, 1.82) is 0 Å². The van der Waals surface area contributed by atoms with Crippen LogP contribution < -0.4 is 4.74 Å². The van der Waals surface area contributed by atoms with Gasteiger partial charge in [0.15, 0.2) is 0 Å². The summed E-state index contributed by atoms with van der Waals surface area (Å²) in [5, 5.41) is 0.268. The molecule has 2 aliphatic rings. The molecule has 0 aliphatic carbocycles. The van der Waals surface area contributed by atoms with Gasteiger partial charge >= 0.3 is 0 Å². The highest BCUT2D eigenvalue weighted by molar-refractivity contribution is 7.89. The maximum absolute atomic E-state index is 13.2. The van der Waals surface area contributed by atoms with Gasteiger partial charge in [0.05, 0.1) is 15.5 Å². The van der Waals surface area contributed by atoms with Crippen molar-refractivity contribution < 1.29 is 17.9 Å². The van der Waals surface area contributed by atoms with E-state index in [-0.39, 0.29) is 27.5 Å². The molecule has 2 aromatic carbocycles. The molecule has 4 rings (SSSR count). The molecule has 0 spiro atoms. The first-order valence-corrected chi connectivity index (χ1v) is 12.9. The van der Waals surface area contributed by atoms with Gasteiger partial charge in [0.25, 0.3) is 5.91 Å². The maximum atomic E-state index is 13.2. The number of rotatable bonds is 5. The van der Waals surface area contributed by atoms with Crippen molar-refractivity contribution in [2.24, 2.45) is 0 Å². The molecule has 0 radical (unpaired) electrons. The Labute approximate surface area is 195 Å². The Morgan fingerprint density at radius 1 is 1.00 bits per heavy atom. The number of piperidine rings is 1. The van der Waals surface area contributed by atoms with Crippen molar-refractivity contribution in [3.05, 3.63) is 58.1 Å². The van der Waals surface area contributed by atoms with E-state index in [0.717, 1.165) is 29.7 Å². The average molecular weight is 477 g/mol. The van der Waals surface area contributed by atoms with Crippen LogP contribution in [0.2, 0.25) is 5.02 Å². The fourth-order valence-electron chi connectivity index (χ4n) is 4.27. The smallest absolute Gasteiger partial charge is 0.255 e. The predicted octanol–water partition coefficient (Wildman–Crippen LogP) is 4.42. The molecular formula is C24H29ClN2O4S. The Hall–Kier alpha value is -2.09. The number of sulfonamides is 1. The molecule has 2 fully saturated rings. The molecular weight excluding hydrogens is 448 g/mol. The summed E-state index contributed by atoms with van der Waals surface area (Å²) in [6, 6.07) is 10.6. The monoisotopic (exact) mass is 476 g/mol. The summed E-state index contributed by atoms with van der Waals surface area (Å²) in [5.74, 6) is 0.649. The van der Waals surface area contributed by atoms with E-state index in [1.807, 2.05) is 19.9 Å². The minimum Gasteiger partial charge on any atom is -0.490 e. The summed E-state index contributed by atoms with van der Waals surface area (Å²) in [6.07, 6.45) is 3.18. The van der Waals surface area contributed by atoms with Gasteiger partial charge in [-0.3, -0.25) is 4.79 Å². The van der Waals surface area contributed by atoms with Crippen molar-refractivity contribution in [3.8, 4) is 5.75 Å². The number of halogens is 1. The standard InChI is InChI=1S/C24H29ClN2O4S/c1-17-5-6-18(2)23(15-17)31-19-9-13-26(14-10-19)24(28)21-16-20(7-8-22(21)25)32(29,30)27-11-3-4-12-27/h5-8,15-16,19H,3-4,9-14H2,1-2H3. The molecule has 8 heteroatoms. The number of ether oxygens (including phenoxy) is 1. The number of amides is 1. The van der Waals surface area contributed by atoms with Crippen LogP contribution in [0.1, 0.15) is 47.2 Å². The van der Waals surface area contributed by atoms with Gasteiger partial charge < -0.3 is 9.64 Å². The van der Waals surface area contributed by atoms with Gasteiger partial charge in [-0.2, -0.15) is 4.31 Å². The number of likely N-dealkylation sites (tertiary alicyclic amines) is 1. The Balaban J connectivity index is 1.44. The molecule has 2 saturated heterocycles. The summed E-state index contributed by atoms with van der Waals surface area (Å²) in [5.41, 5.74) is 2.48. The second kappa shape index (κ2) is 9.41. The first kappa shape index (κ1) is 23.1. The normalized spacial score (nSPS) is 18.2. The van der Waals surface area contributed by atoms with E-state index in [1.165, 1.54) is 22.5 Å². The molecule has 0 saturated carbocycles. The van der Waals surface area contributed by atoms with Gasteiger partial charge in [-0.15, -0.1) is 0 Å². The predicted molar refractivity (Wildman–Crippen MR) is 125 cm³/mol. The number of hydrogen-bond donors (Lipinski definition) is 0. The van der Waals surface area contributed by atoms with E-state index in [9.17, 15) is 13.2 Å². The molecule has 1 amide bonds. The third kappa shape index (κ3) is 4.80. The number of nitrogens with zero attached hydrogens (tertiary/aromatic N) is 2. The van der Waals surface area contributed by atoms with Crippen LogP contribution in [0, 0.1) is 13.8 Å². The average Bonchev–Trinajstić information content (AvgIpc) is 3.32. The lowest BCUT2D eigenvalue weighted by Crippen LogP contribution is -2.42. The second-order valence-electron chi connectivity index (χ2n) is 8.63. The molecule has 172 valence electrons. The SMILES string of the molecule is Cc1ccc(C)c(OC2CCN(C(=O)c3cc(S(=O)(=O)N4CCCC4)ccc3Cl)CC2)c1. The topological polar surface area (TPSA) is 66.9 Å². The van der Waals surface area contributed by atoms with E-state index in [4.69, 9.17) is 16.3 Å². The molecule has 0 atom stereocenters. The van der Waals surface area contributed by atoms with Crippen LogP contribution in [0.5, 0.6) is 5.75 Å². The minimum atomic E-state index is -3.61. The fourth-order valence-corrected chi connectivity index (χ4v) is 6.01. The van der Waals surface area contributed by atoms with Crippen molar-refractivity contribution in [2.75, 3.05) is 26.2 Å². The highest BCUT2D eigenvalue weighted by atomic mass is 35.5. The van der Waals surface area contributed by atoms with Crippen molar-refractivity contribution in [3.63, 3.8) is 0 Å². The third-order valence-electron chi connectivity index (χ3n) is 6.24. The molecule has 0 aromatic heterocycles. The van der Waals surface area contributed by atoms with Crippen molar-refractivity contribution in [1.82, 2.24) is 9.21 Å². The van der Waals surface area contributed by atoms with E-state index in [0.29, 0.717) is 39.0 Å². The third-order valence-corrected chi connectivity index (χ3v) is 8.46. The van der Waals surface area contributed by atoms with E-state index < -0.39 is 10.0 Å². The number of benzene rings is 2. The molecule has 2 aromatic rings.